The molecular formula is C13H14ClN2O9P. The van der Waals surface area contributed by atoms with Gasteiger partial charge in [0.15, 0.2) is 6.23 Å². The minimum Gasteiger partial charge on any atom is -0.387 e. The molecule has 1 aliphatic heterocycles. The Morgan fingerprint density at radius 2 is 1.96 bits per heavy atom. The Balaban J connectivity index is 2.04. The molecule has 5 N–H and O–H groups in total. The number of fused-ring (bicyclic) bond motifs is 1. The number of ether oxygens (including phenoxy) is 1. The van der Waals surface area contributed by atoms with Gasteiger partial charge in [-0.05, 0) is 12.1 Å². The zero-order valence-electron chi connectivity index (χ0n) is 12.9. The average Bonchev–Trinajstić information content (AvgIpc) is 2.80. The van der Waals surface area contributed by atoms with E-state index < -0.39 is 50.2 Å². The van der Waals surface area contributed by atoms with Crippen LogP contribution in [0.5, 0.6) is 0 Å². The van der Waals surface area contributed by atoms with Crippen molar-refractivity contribution in [1.29, 1.82) is 0 Å². The van der Waals surface area contributed by atoms with Crippen molar-refractivity contribution in [1.82, 2.24) is 9.55 Å². The summed E-state index contributed by atoms with van der Waals surface area (Å²) in [7, 11) is -4.82. The first-order chi connectivity index (χ1) is 12.1. The molecule has 3 rings (SSSR count). The Morgan fingerprint density at radius 3 is 2.62 bits per heavy atom. The molecule has 0 amide bonds. The largest absolute Gasteiger partial charge is 0.469 e. The summed E-state index contributed by atoms with van der Waals surface area (Å²) in [6.07, 6.45) is -6.00. The number of aromatic amines is 1. The first-order valence-corrected chi connectivity index (χ1v) is 9.15. The lowest BCUT2D eigenvalue weighted by molar-refractivity contribution is -0.0520. The Kier molecular flexibility index (Phi) is 5.08. The highest BCUT2D eigenvalue weighted by atomic mass is 35.5. The predicted molar refractivity (Wildman–Crippen MR) is 87.8 cm³/mol. The number of hydrogen-bond donors (Lipinski definition) is 5. The van der Waals surface area contributed by atoms with E-state index in [0.29, 0.717) is 0 Å². The van der Waals surface area contributed by atoms with E-state index in [1.807, 2.05) is 4.98 Å². The van der Waals surface area contributed by atoms with Crippen LogP contribution in [0.1, 0.15) is 6.23 Å². The highest BCUT2D eigenvalue weighted by molar-refractivity contribution is 7.46. The molecule has 0 saturated carbocycles. The molecule has 1 saturated heterocycles. The molecule has 1 aromatic carbocycles. The summed E-state index contributed by atoms with van der Waals surface area (Å²) in [5.41, 5.74) is -1.60. The minimum absolute atomic E-state index is 0.0195. The number of rotatable bonds is 4. The SMILES string of the molecule is O=c1[nH]c(=O)n([C@@H]2O[C@H](COP(=O)(O)O)[C@@H](O)[C@H]2O)c2cccc(Cl)c12. The molecule has 0 aliphatic carbocycles. The number of nitrogens with one attached hydrogen (secondary N) is 1. The molecular weight excluding hydrogens is 395 g/mol. The number of halogens is 1. The smallest absolute Gasteiger partial charge is 0.387 e. The standard InChI is InChI=1S/C13H14ClN2O9P/c14-5-2-1-3-6-8(5)11(19)15-13(20)16(6)12-10(18)9(17)7(25-12)4-24-26(21,22)23/h1-3,7,9-10,12,17-18H,4H2,(H,15,19,20)(H2,21,22,23)/t7-,9-,10-,12-/m1/s1. The van der Waals surface area contributed by atoms with Gasteiger partial charge in [0.2, 0.25) is 0 Å². The fraction of sp³-hybridized carbons (Fsp3) is 0.385. The summed E-state index contributed by atoms with van der Waals surface area (Å²) in [4.78, 5) is 43.8. The van der Waals surface area contributed by atoms with E-state index in [-0.39, 0.29) is 15.9 Å². The zero-order valence-corrected chi connectivity index (χ0v) is 14.5. The lowest BCUT2D eigenvalue weighted by atomic mass is 10.1. The molecule has 2 aromatic rings. The van der Waals surface area contributed by atoms with Crippen molar-refractivity contribution in [2.45, 2.75) is 24.5 Å². The van der Waals surface area contributed by atoms with Crippen LogP contribution in [0.25, 0.3) is 10.9 Å². The van der Waals surface area contributed by atoms with Gasteiger partial charge in [-0.3, -0.25) is 18.9 Å². The van der Waals surface area contributed by atoms with Crippen LogP contribution in [0, 0.1) is 0 Å². The highest BCUT2D eigenvalue weighted by Gasteiger charge is 2.45. The van der Waals surface area contributed by atoms with Crippen LogP contribution in [0.4, 0.5) is 0 Å². The number of phosphoric acid groups is 1. The fourth-order valence-corrected chi connectivity index (χ4v) is 3.37. The Bertz CT molecular complexity index is 999. The minimum atomic E-state index is -4.82. The number of nitrogens with zero attached hydrogens (tertiary/aromatic N) is 1. The van der Waals surface area contributed by atoms with Gasteiger partial charge in [-0.1, -0.05) is 17.7 Å². The van der Waals surface area contributed by atoms with Crippen LogP contribution in [0.2, 0.25) is 5.02 Å². The van der Waals surface area contributed by atoms with E-state index in [1.165, 1.54) is 18.2 Å². The van der Waals surface area contributed by atoms with Crippen molar-refractivity contribution in [2.24, 2.45) is 0 Å². The number of aromatic nitrogens is 2. The number of phosphoric ester groups is 1. The molecule has 11 nitrogen and oxygen atoms in total. The van der Waals surface area contributed by atoms with Gasteiger partial charge in [-0.25, -0.2) is 9.36 Å². The topological polar surface area (TPSA) is 171 Å². The Morgan fingerprint density at radius 1 is 1.27 bits per heavy atom. The van der Waals surface area contributed by atoms with Crippen molar-refractivity contribution in [3.63, 3.8) is 0 Å². The molecule has 4 atom stereocenters. The molecule has 142 valence electrons. The van der Waals surface area contributed by atoms with Gasteiger partial charge in [0.05, 0.1) is 22.5 Å². The lowest BCUT2D eigenvalue weighted by Gasteiger charge is -2.19. The molecule has 0 bridgehead atoms. The van der Waals surface area contributed by atoms with Crippen molar-refractivity contribution < 1.29 is 33.8 Å². The third-order valence-electron chi connectivity index (χ3n) is 3.92. The zero-order chi connectivity index (χ0) is 19.2. The molecule has 1 aliphatic rings. The number of aliphatic hydroxyl groups excluding tert-OH is 2. The number of hydrogen-bond acceptors (Lipinski definition) is 7. The van der Waals surface area contributed by atoms with Crippen molar-refractivity contribution >= 4 is 30.3 Å². The van der Waals surface area contributed by atoms with Gasteiger partial charge in [0.25, 0.3) is 5.56 Å². The van der Waals surface area contributed by atoms with Gasteiger partial charge in [0, 0.05) is 0 Å². The van der Waals surface area contributed by atoms with E-state index in [2.05, 4.69) is 4.52 Å². The van der Waals surface area contributed by atoms with Crippen molar-refractivity contribution in [3.05, 3.63) is 44.1 Å². The quantitative estimate of drug-likeness (QED) is 0.401. The van der Waals surface area contributed by atoms with Crippen LogP contribution in [0.3, 0.4) is 0 Å². The van der Waals surface area contributed by atoms with Gasteiger partial charge in [0.1, 0.15) is 18.3 Å². The maximum Gasteiger partial charge on any atom is 0.469 e. The molecule has 26 heavy (non-hydrogen) atoms. The third kappa shape index (κ3) is 3.48. The van der Waals surface area contributed by atoms with E-state index in [0.717, 1.165) is 4.57 Å². The highest BCUT2D eigenvalue weighted by Crippen LogP contribution is 2.38. The second-order valence-corrected chi connectivity index (χ2v) is 7.24. The van der Waals surface area contributed by atoms with Crippen molar-refractivity contribution in [3.8, 4) is 0 Å². The van der Waals surface area contributed by atoms with Crippen LogP contribution in [-0.2, 0) is 13.8 Å². The maximum atomic E-state index is 12.3. The van der Waals surface area contributed by atoms with E-state index in [9.17, 15) is 24.4 Å². The summed E-state index contributed by atoms with van der Waals surface area (Å²) >= 11 is 5.99. The normalized spacial score (nSPS) is 26.5. The van der Waals surface area contributed by atoms with Crippen molar-refractivity contribution in [2.75, 3.05) is 6.61 Å². The summed E-state index contributed by atoms with van der Waals surface area (Å²) in [6, 6.07) is 4.32. The van der Waals surface area contributed by atoms with Crippen LogP contribution < -0.4 is 11.2 Å². The van der Waals surface area contributed by atoms with E-state index in [1.54, 1.807) is 0 Å². The Labute approximate surface area is 149 Å². The van der Waals surface area contributed by atoms with E-state index >= 15 is 0 Å². The maximum absolute atomic E-state index is 12.3. The van der Waals surface area contributed by atoms with Gasteiger partial charge in [-0.2, -0.15) is 0 Å². The molecule has 0 spiro atoms. The fourth-order valence-electron chi connectivity index (χ4n) is 2.77. The number of aliphatic hydroxyl groups is 2. The Hall–Kier alpha value is -1.56. The molecule has 13 heteroatoms. The first-order valence-electron chi connectivity index (χ1n) is 7.25. The van der Waals surface area contributed by atoms with Crippen LogP contribution >= 0.6 is 19.4 Å². The average molecular weight is 409 g/mol. The third-order valence-corrected chi connectivity index (χ3v) is 4.72. The molecule has 1 fully saturated rings. The van der Waals surface area contributed by atoms with Crippen LogP contribution in [-0.4, -0.2) is 54.5 Å². The molecule has 2 heterocycles. The number of benzene rings is 1. The number of H-pyrrole nitrogens is 1. The van der Waals surface area contributed by atoms with Gasteiger partial charge in [-0.15, -0.1) is 0 Å². The predicted octanol–water partition coefficient (Wildman–Crippen LogP) is -0.928. The van der Waals surface area contributed by atoms with E-state index in [4.69, 9.17) is 26.1 Å². The summed E-state index contributed by atoms with van der Waals surface area (Å²) in [6.45, 7) is -0.726. The molecule has 0 unspecified atom stereocenters. The summed E-state index contributed by atoms with van der Waals surface area (Å²) in [5.74, 6) is 0. The molecule has 1 aromatic heterocycles. The van der Waals surface area contributed by atoms with Gasteiger partial charge >= 0.3 is 13.5 Å². The summed E-state index contributed by atoms with van der Waals surface area (Å²) in [5, 5.41) is 20.3. The lowest BCUT2D eigenvalue weighted by Crippen LogP contribution is -2.38. The second kappa shape index (κ2) is 6.87. The van der Waals surface area contributed by atoms with Crippen LogP contribution in [0.15, 0.2) is 27.8 Å². The summed E-state index contributed by atoms with van der Waals surface area (Å²) < 4.78 is 21.3. The monoisotopic (exact) mass is 408 g/mol. The van der Waals surface area contributed by atoms with Gasteiger partial charge < -0.3 is 24.7 Å². The second-order valence-electron chi connectivity index (χ2n) is 5.60. The molecule has 0 radical (unpaired) electrons. The first kappa shape index (κ1) is 19.2.